The van der Waals surface area contributed by atoms with Gasteiger partial charge in [-0.05, 0) is 112 Å². The molecule has 0 spiro atoms. The van der Waals surface area contributed by atoms with Crippen LogP contribution in [-0.2, 0) is 21.7 Å². The number of thiazole rings is 3. The van der Waals surface area contributed by atoms with Gasteiger partial charge in [-0.1, -0.05) is 12.1 Å². The van der Waals surface area contributed by atoms with Gasteiger partial charge >= 0.3 is 19.5 Å². The zero-order chi connectivity index (χ0) is 48.9. The van der Waals surface area contributed by atoms with Crippen LogP contribution in [0.4, 0.5) is 26.3 Å². The minimum absolute atomic E-state index is 0.166. The second kappa shape index (κ2) is 21.4. The van der Waals surface area contributed by atoms with Gasteiger partial charge in [-0.15, -0.1) is 34.0 Å². The van der Waals surface area contributed by atoms with Gasteiger partial charge in [0.1, 0.15) is 50.5 Å². The van der Waals surface area contributed by atoms with Crippen LogP contribution >= 0.6 is 81.8 Å². The van der Waals surface area contributed by atoms with Gasteiger partial charge in [0.25, 0.3) is 11.8 Å². The van der Waals surface area contributed by atoms with Gasteiger partial charge in [0.15, 0.2) is 26.1 Å². The summed E-state index contributed by atoms with van der Waals surface area (Å²) in [7, 11) is -0.730. The molecule has 26 heteroatoms. The highest BCUT2D eigenvalue weighted by atomic mass is 79.9. The van der Waals surface area contributed by atoms with Crippen molar-refractivity contribution in [1.82, 2.24) is 29.9 Å². The summed E-state index contributed by atoms with van der Waals surface area (Å²) < 4.78 is 116. The first kappa shape index (κ1) is 50.9. The van der Waals surface area contributed by atoms with E-state index in [1.807, 2.05) is 38.5 Å². The zero-order valence-electron chi connectivity index (χ0n) is 35.1. The summed E-state index contributed by atoms with van der Waals surface area (Å²) in [5, 5.41) is 8.07. The highest BCUT2D eigenvalue weighted by Gasteiger charge is 2.53. The van der Waals surface area contributed by atoms with Crippen LogP contribution < -0.4 is 5.66 Å². The largest absolute Gasteiger partial charge is 0.532 e. The maximum atomic E-state index is 12.7. The third-order valence-electron chi connectivity index (χ3n) is 9.46. The van der Waals surface area contributed by atoms with E-state index in [9.17, 15) is 26.3 Å². The molecule has 9 heterocycles. The third kappa shape index (κ3) is 13.0. The van der Waals surface area contributed by atoms with Gasteiger partial charge in [-0.25, -0.2) is 29.9 Å². The molecule has 1 aliphatic rings. The third-order valence-corrected chi connectivity index (χ3v) is 13.9. The molecular formula is C42H30BBr3F6N6O7S3. The Morgan fingerprint density at radius 2 is 1.15 bits per heavy atom. The highest BCUT2D eigenvalue weighted by molar-refractivity contribution is 9.11. The Morgan fingerprint density at radius 1 is 0.603 bits per heavy atom. The minimum atomic E-state index is -4.40. The first-order valence-corrected chi connectivity index (χ1v) is 24.2. The Bertz CT molecular complexity index is 3100. The lowest BCUT2D eigenvalue weighted by Gasteiger charge is -2.32. The van der Waals surface area contributed by atoms with Gasteiger partial charge in [0.05, 0.1) is 40.9 Å². The number of fused-ring (bicyclic) bond motifs is 2. The first-order chi connectivity index (χ1) is 32.1. The second-order valence-corrected chi connectivity index (χ2v) is 20.1. The van der Waals surface area contributed by atoms with Crippen LogP contribution in [-0.4, -0.2) is 48.2 Å². The van der Waals surface area contributed by atoms with Crippen molar-refractivity contribution in [3.63, 3.8) is 0 Å². The van der Waals surface area contributed by atoms with Gasteiger partial charge in [0.2, 0.25) is 0 Å². The standard InChI is InChI=1S/C15H16BF3O3.C15H7F3N2O2S.C6H3BrN2OS.C3HBr2NS.C3H3NO/c1-13(2)14(3,4)22-16(21-13)12-7-9-5-6-10(15(17,18)19)8-11(9)20-12;16-15(17,18)9-2-1-8-5-12(22-11(8)6-9)10-7-23-14(20-10)13-19-3-4-21-13;7-4-3-11-6(9-4)5-8-1-2-10-5;4-2-1-7-3(5)6-2;1-2-5-3-4-1/h5-8H,1-4H3;1-7H;1-3H;1H;1-3H. The van der Waals surface area contributed by atoms with Crippen LogP contribution in [0.15, 0.2) is 144 Å². The average molecular weight is 1190 g/mol. The van der Waals surface area contributed by atoms with E-state index in [0.717, 1.165) is 42.4 Å². The Morgan fingerprint density at radius 3 is 1.59 bits per heavy atom. The second-order valence-electron chi connectivity index (χ2n) is 14.6. The fourth-order valence-electron chi connectivity index (χ4n) is 5.54. The lowest BCUT2D eigenvalue weighted by atomic mass is 9.86. The zero-order valence-corrected chi connectivity index (χ0v) is 42.3. The molecule has 0 aliphatic carbocycles. The Hall–Kier alpha value is -4.96. The molecule has 0 radical (unpaired) electrons. The minimum Gasteiger partial charge on any atom is -0.465 e. The first-order valence-electron chi connectivity index (χ1n) is 19.2. The van der Waals surface area contributed by atoms with Crippen LogP contribution in [0, 0.1) is 0 Å². The van der Waals surface area contributed by atoms with Crippen molar-refractivity contribution >= 4 is 117 Å². The van der Waals surface area contributed by atoms with Crippen molar-refractivity contribution in [1.29, 1.82) is 0 Å². The SMILES string of the molecule is Brc1csc(-c2ncco2)n1.Brc1csc(Br)n1.CC1(C)OB(c2cc3ccc(C(F)(F)F)cc3o2)OC1(C)C.FC(F)(F)c1ccc2cc(-c3csc(-c4ncco4)n3)oc2c1.c1cocn1. The van der Waals surface area contributed by atoms with E-state index in [1.165, 1.54) is 66.2 Å². The number of nitrogens with zero attached hydrogens (tertiary/aromatic N) is 6. The number of furan rings is 2. The molecule has 1 aliphatic heterocycles. The van der Waals surface area contributed by atoms with Crippen LogP contribution in [0.25, 0.3) is 55.2 Å². The molecule has 0 saturated carbocycles. The molecule has 0 atom stereocenters. The molecule has 13 nitrogen and oxygen atoms in total. The van der Waals surface area contributed by atoms with Crippen molar-refractivity contribution in [2.75, 3.05) is 0 Å². The summed E-state index contributed by atoms with van der Waals surface area (Å²) >= 11 is 14.0. The molecule has 354 valence electrons. The van der Waals surface area contributed by atoms with Crippen molar-refractivity contribution in [3.05, 3.63) is 133 Å². The molecule has 0 amide bonds. The smallest absolute Gasteiger partial charge is 0.465 e. The Balaban J connectivity index is 0.000000139. The predicted molar refractivity (Wildman–Crippen MR) is 254 cm³/mol. The van der Waals surface area contributed by atoms with Crippen LogP contribution in [0.2, 0.25) is 0 Å². The fraction of sp³-hybridized carbons (Fsp3) is 0.190. The van der Waals surface area contributed by atoms with E-state index in [-0.39, 0.29) is 11.2 Å². The van der Waals surface area contributed by atoms with Crippen LogP contribution in [0.5, 0.6) is 0 Å². The molecule has 11 rings (SSSR count). The lowest BCUT2D eigenvalue weighted by Crippen LogP contribution is -2.41. The van der Waals surface area contributed by atoms with Crippen molar-refractivity contribution in [2.45, 2.75) is 51.2 Å². The number of oxazole rings is 3. The normalized spacial score (nSPS) is 14.0. The van der Waals surface area contributed by atoms with Gasteiger partial charge in [0, 0.05) is 26.9 Å². The number of hydrogen-bond acceptors (Lipinski definition) is 16. The Labute approximate surface area is 418 Å². The van der Waals surface area contributed by atoms with E-state index >= 15 is 0 Å². The number of benzene rings is 2. The maximum Gasteiger partial charge on any atom is 0.532 e. The molecule has 8 aromatic heterocycles. The molecular weight excluding hydrogens is 1160 g/mol. The fourth-order valence-corrected chi connectivity index (χ4v) is 9.16. The molecule has 1 saturated heterocycles. The summed E-state index contributed by atoms with van der Waals surface area (Å²) in [5.41, 5.74) is -1.33. The van der Waals surface area contributed by atoms with E-state index in [2.05, 4.69) is 82.1 Å². The van der Waals surface area contributed by atoms with Crippen LogP contribution in [0.3, 0.4) is 0 Å². The molecule has 68 heavy (non-hydrogen) atoms. The molecule has 10 aromatic rings. The summed E-state index contributed by atoms with van der Waals surface area (Å²) in [4.78, 5) is 23.9. The van der Waals surface area contributed by atoms with Crippen LogP contribution in [0.1, 0.15) is 38.8 Å². The molecule has 0 bridgehead atoms. The molecule has 0 N–H and O–H groups in total. The quantitative estimate of drug-likeness (QED) is 0.121. The van der Waals surface area contributed by atoms with E-state index < -0.39 is 41.8 Å². The number of alkyl halides is 6. The number of hydrogen-bond donors (Lipinski definition) is 0. The number of aromatic nitrogens is 6. The predicted octanol–water partition coefficient (Wildman–Crippen LogP) is 14.9. The number of halogens is 9. The summed E-state index contributed by atoms with van der Waals surface area (Å²) in [6.07, 6.45) is 1.76. The molecule has 0 unspecified atom stereocenters. The molecule has 2 aromatic carbocycles. The van der Waals surface area contributed by atoms with Crippen molar-refractivity contribution in [2.24, 2.45) is 0 Å². The maximum absolute atomic E-state index is 12.7. The highest BCUT2D eigenvalue weighted by Crippen LogP contribution is 2.39. The van der Waals surface area contributed by atoms with E-state index in [4.69, 9.17) is 27.0 Å². The lowest BCUT2D eigenvalue weighted by molar-refractivity contribution is -0.138. The Kier molecular flexibility index (Phi) is 16.0. The van der Waals surface area contributed by atoms with Crippen molar-refractivity contribution in [3.8, 4) is 33.3 Å². The number of rotatable bonds is 4. The van der Waals surface area contributed by atoms with Gasteiger partial charge in [-0.2, -0.15) is 26.3 Å². The average Bonchev–Trinajstić information content (AvgIpc) is 4.13. The topological polar surface area (TPSA) is 162 Å². The monoisotopic (exact) mass is 1190 g/mol. The molecule has 1 fully saturated rings. The summed E-state index contributed by atoms with van der Waals surface area (Å²) in [6, 6.07) is 10.1. The van der Waals surface area contributed by atoms with Gasteiger partial charge < -0.3 is 31.4 Å². The van der Waals surface area contributed by atoms with E-state index in [1.54, 1.807) is 41.2 Å². The van der Waals surface area contributed by atoms with E-state index in [0.29, 0.717) is 44.7 Å². The summed E-state index contributed by atoms with van der Waals surface area (Å²) in [5.74, 6) is 1.35. The van der Waals surface area contributed by atoms with Crippen molar-refractivity contribution < 1.29 is 57.7 Å². The summed E-state index contributed by atoms with van der Waals surface area (Å²) in [6.45, 7) is 7.60. The van der Waals surface area contributed by atoms with Gasteiger partial charge in [-0.3, -0.25) is 0 Å².